The summed E-state index contributed by atoms with van der Waals surface area (Å²) in [5.74, 6) is 1.43. The van der Waals surface area contributed by atoms with Crippen LogP contribution in [0.2, 0.25) is 0 Å². The minimum atomic E-state index is -3.67. The summed E-state index contributed by atoms with van der Waals surface area (Å²) in [5.41, 5.74) is 1.10. The number of thioether (sulfide) groups is 1. The number of nitrogens with zero attached hydrogens (tertiary/aromatic N) is 1. The van der Waals surface area contributed by atoms with Crippen molar-refractivity contribution in [2.24, 2.45) is 0 Å². The molecular weight excluding hydrogens is 405 g/mol. The Morgan fingerprint density at radius 2 is 1.75 bits per heavy atom. The summed E-state index contributed by atoms with van der Waals surface area (Å²) in [7, 11) is 0.902. The van der Waals surface area contributed by atoms with Gasteiger partial charge in [0.05, 0.1) is 32.5 Å². The van der Waals surface area contributed by atoms with E-state index in [1.165, 1.54) is 55.6 Å². The molecule has 2 aromatic carbocycles. The van der Waals surface area contributed by atoms with E-state index in [2.05, 4.69) is 0 Å². The van der Waals surface area contributed by atoms with Crippen LogP contribution in [0.25, 0.3) is 0 Å². The molecule has 0 saturated carbocycles. The van der Waals surface area contributed by atoms with Crippen LogP contribution in [0.15, 0.2) is 36.4 Å². The quantitative estimate of drug-likeness (QED) is 0.675. The van der Waals surface area contributed by atoms with Crippen LogP contribution >= 0.6 is 11.8 Å². The van der Waals surface area contributed by atoms with E-state index >= 15 is 0 Å². The standard InChI is InChI=1S/C19H22FNO5S2/c1-24-16-11-18(26-3)17(25-2)10-15(16)19-21(7-8-27-19)28(22,23)12-13-5-4-6-14(20)9-13/h4-6,9-11,19H,7-8,12H2,1-3H3. The second-order valence-electron chi connectivity index (χ2n) is 6.17. The van der Waals surface area contributed by atoms with Crippen molar-refractivity contribution in [2.75, 3.05) is 33.6 Å². The second-order valence-corrected chi connectivity index (χ2v) is 9.28. The molecule has 152 valence electrons. The summed E-state index contributed by atoms with van der Waals surface area (Å²) in [5, 5.41) is -0.465. The largest absolute Gasteiger partial charge is 0.496 e. The maximum Gasteiger partial charge on any atom is 0.219 e. The number of rotatable bonds is 7. The molecule has 0 aliphatic carbocycles. The molecule has 0 radical (unpaired) electrons. The van der Waals surface area contributed by atoms with Crippen LogP contribution in [-0.4, -0.2) is 46.4 Å². The predicted octanol–water partition coefficient (Wildman–Crippen LogP) is 3.43. The van der Waals surface area contributed by atoms with Crippen molar-refractivity contribution in [1.29, 1.82) is 0 Å². The zero-order valence-electron chi connectivity index (χ0n) is 15.8. The second kappa shape index (κ2) is 8.59. The van der Waals surface area contributed by atoms with E-state index in [1.54, 1.807) is 18.2 Å². The van der Waals surface area contributed by atoms with Gasteiger partial charge in [0.15, 0.2) is 11.5 Å². The average Bonchev–Trinajstić information content (AvgIpc) is 3.17. The van der Waals surface area contributed by atoms with E-state index in [4.69, 9.17) is 14.2 Å². The van der Waals surface area contributed by atoms with Gasteiger partial charge in [-0.15, -0.1) is 11.8 Å². The molecule has 1 heterocycles. The molecule has 1 aliphatic heterocycles. The Balaban J connectivity index is 1.96. The van der Waals surface area contributed by atoms with E-state index < -0.39 is 21.2 Å². The first-order chi connectivity index (χ1) is 13.4. The Morgan fingerprint density at radius 1 is 1.07 bits per heavy atom. The fourth-order valence-electron chi connectivity index (χ4n) is 3.15. The van der Waals surface area contributed by atoms with Gasteiger partial charge in [-0.25, -0.2) is 12.8 Å². The number of methoxy groups -OCH3 is 3. The fourth-order valence-corrected chi connectivity index (χ4v) is 6.54. The van der Waals surface area contributed by atoms with Gasteiger partial charge in [0.25, 0.3) is 0 Å². The molecule has 1 aliphatic rings. The Labute approximate surface area is 168 Å². The number of ether oxygens (including phenoxy) is 3. The average molecular weight is 428 g/mol. The molecule has 3 rings (SSSR count). The number of benzene rings is 2. The highest BCUT2D eigenvalue weighted by atomic mass is 32.2. The van der Waals surface area contributed by atoms with Crippen LogP contribution in [0.5, 0.6) is 17.2 Å². The zero-order chi connectivity index (χ0) is 20.3. The molecule has 9 heteroatoms. The summed E-state index contributed by atoms with van der Waals surface area (Å²) in [6, 6.07) is 9.07. The molecule has 1 unspecified atom stereocenters. The zero-order valence-corrected chi connectivity index (χ0v) is 17.5. The molecule has 0 spiro atoms. The molecule has 1 saturated heterocycles. The first-order valence-electron chi connectivity index (χ1n) is 8.55. The Hall–Kier alpha value is -1.97. The molecule has 1 atom stereocenters. The van der Waals surface area contributed by atoms with Crippen LogP contribution in [0.3, 0.4) is 0 Å². The maximum absolute atomic E-state index is 13.5. The first-order valence-corrected chi connectivity index (χ1v) is 11.2. The normalized spacial score (nSPS) is 17.5. The number of hydrogen-bond donors (Lipinski definition) is 0. The summed E-state index contributed by atoms with van der Waals surface area (Å²) >= 11 is 1.50. The van der Waals surface area contributed by atoms with Crippen LogP contribution in [0.4, 0.5) is 4.39 Å². The molecular formula is C19H22FNO5S2. The minimum absolute atomic E-state index is 0.266. The molecule has 0 aromatic heterocycles. The van der Waals surface area contributed by atoms with E-state index in [0.29, 0.717) is 40.7 Å². The molecule has 1 fully saturated rings. The predicted molar refractivity (Wildman–Crippen MR) is 107 cm³/mol. The third-order valence-electron chi connectivity index (χ3n) is 4.45. The molecule has 28 heavy (non-hydrogen) atoms. The highest BCUT2D eigenvalue weighted by Crippen LogP contribution is 2.47. The van der Waals surface area contributed by atoms with Crippen LogP contribution in [0, 0.1) is 5.82 Å². The third-order valence-corrected chi connectivity index (χ3v) is 7.63. The van der Waals surface area contributed by atoms with Crippen molar-refractivity contribution in [2.45, 2.75) is 11.1 Å². The highest BCUT2D eigenvalue weighted by Gasteiger charge is 2.38. The third kappa shape index (κ3) is 4.21. The summed E-state index contributed by atoms with van der Waals surface area (Å²) < 4.78 is 57.2. The van der Waals surface area contributed by atoms with Crippen LogP contribution in [-0.2, 0) is 15.8 Å². The number of sulfonamides is 1. The number of hydrogen-bond acceptors (Lipinski definition) is 6. The lowest BCUT2D eigenvalue weighted by atomic mass is 10.1. The lowest BCUT2D eigenvalue weighted by Crippen LogP contribution is -2.31. The lowest BCUT2D eigenvalue weighted by Gasteiger charge is -2.25. The van der Waals surface area contributed by atoms with Crippen LogP contribution in [0.1, 0.15) is 16.5 Å². The topological polar surface area (TPSA) is 65.1 Å². The van der Waals surface area contributed by atoms with Gasteiger partial charge in [-0.1, -0.05) is 12.1 Å². The molecule has 6 nitrogen and oxygen atoms in total. The van der Waals surface area contributed by atoms with Crippen molar-refractivity contribution >= 4 is 21.8 Å². The van der Waals surface area contributed by atoms with Gasteiger partial charge < -0.3 is 14.2 Å². The van der Waals surface area contributed by atoms with Gasteiger partial charge in [-0.3, -0.25) is 0 Å². The monoisotopic (exact) mass is 427 g/mol. The fraction of sp³-hybridized carbons (Fsp3) is 0.368. The summed E-state index contributed by atoms with van der Waals surface area (Å²) in [6.45, 7) is 0.366. The summed E-state index contributed by atoms with van der Waals surface area (Å²) in [4.78, 5) is 0. The van der Waals surface area contributed by atoms with Gasteiger partial charge in [0.2, 0.25) is 10.0 Å². The SMILES string of the molecule is COc1cc(OC)c(C2SCCN2S(=O)(=O)Cc2cccc(F)c2)cc1OC. The minimum Gasteiger partial charge on any atom is -0.496 e. The molecule has 0 bridgehead atoms. The molecule has 0 N–H and O–H groups in total. The van der Waals surface area contributed by atoms with E-state index in [0.717, 1.165) is 0 Å². The number of halogens is 1. The Morgan fingerprint density at radius 3 is 2.39 bits per heavy atom. The van der Waals surface area contributed by atoms with Gasteiger partial charge in [0.1, 0.15) is 11.6 Å². The van der Waals surface area contributed by atoms with Crippen molar-refractivity contribution in [3.63, 3.8) is 0 Å². The van der Waals surface area contributed by atoms with Gasteiger partial charge >= 0.3 is 0 Å². The van der Waals surface area contributed by atoms with E-state index in [1.807, 2.05) is 0 Å². The first kappa shape index (κ1) is 20.8. The molecule has 0 amide bonds. The van der Waals surface area contributed by atoms with E-state index in [-0.39, 0.29) is 5.75 Å². The summed E-state index contributed by atoms with van der Waals surface area (Å²) in [6.07, 6.45) is 0. The van der Waals surface area contributed by atoms with E-state index in [9.17, 15) is 12.8 Å². The highest BCUT2D eigenvalue weighted by molar-refractivity contribution is 8.00. The maximum atomic E-state index is 13.5. The van der Waals surface area contributed by atoms with Crippen molar-refractivity contribution in [1.82, 2.24) is 4.31 Å². The van der Waals surface area contributed by atoms with Gasteiger partial charge in [-0.05, 0) is 23.8 Å². The smallest absolute Gasteiger partial charge is 0.219 e. The Bertz CT molecular complexity index is 951. The lowest BCUT2D eigenvalue weighted by molar-refractivity contribution is 0.344. The van der Waals surface area contributed by atoms with Crippen molar-refractivity contribution in [3.8, 4) is 17.2 Å². The van der Waals surface area contributed by atoms with Crippen molar-refractivity contribution in [3.05, 3.63) is 53.3 Å². The van der Waals surface area contributed by atoms with Crippen LogP contribution < -0.4 is 14.2 Å². The Kier molecular flexibility index (Phi) is 6.36. The van der Waals surface area contributed by atoms with Gasteiger partial charge in [-0.2, -0.15) is 4.31 Å². The van der Waals surface area contributed by atoms with Crippen molar-refractivity contribution < 1.29 is 27.0 Å². The molecule has 2 aromatic rings. The van der Waals surface area contributed by atoms with Gasteiger partial charge in [0, 0.05) is 23.9 Å².